The van der Waals surface area contributed by atoms with E-state index in [9.17, 15) is 0 Å². The standard InChI is InChI=1S/C54H36N2S/c1-54(41-21-9-4-10-22-41)46-25-14-24-42(35-15-5-2-6-16-35)52(46)44-29-27-38(33-47(44)54)37-19-13-20-39(31-37)48-34-49(56-53(55-48)36-17-7-3-8-18-36)40-28-30-51-45(32-40)43-23-11-12-26-50(43)57-51/h2-34H,1H3. The van der Waals surface area contributed by atoms with Crippen LogP contribution in [0.15, 0.2) is 200 Å². The van der Waals surface area contributed by atoms with Gasteiger partial charge in [-0.2, -0.15) is 0 Å². The van der Waals surface area contributed by atoms with Crippen molar-refractivity contribution in [1.29, 1.82) is 0 Å². The van der Waals surface area contributed by atoms with Gasteiger partial charge in [-0.1, -0.05) is 164 Å². The van der Waals surface area contributed by atoms with Gasteiger partial charge in [-0.25, -0.2) is 9.97 Å². The highest BCUT2D eigenvalue weighted by Crippen LogP contribution is 2.56. The van der Waals surface area contributed by atoms with Crippen LogP contribution in [0, 0.1) is 0 Å². The number of thiophene rings is 1. The molecule has 0 amide bonds. The monoisotopic (exact) mass is 744 g/mol. The zero-order valence-electron chi connectivity index (χ0n) is 31.4. The van der Waals surface area contributed by atoms with E-state index in [1.165, 1.54) is 64.7 Å². The van der Waals surface area contributed by atoms with E-state index in [2.05, 4.69) is 189 Å². The average molecular weight is 745 g/mol. The Morgan fingerprint density at radius 2 is 0.982 bits per heavy atom. The zero-order chi connectivity index (χ0) is 37.9. The van der Waals surface area contributed by atoms with E-state index in [0.717, 1.165) is 33.6 Å². The van der Waals surface area contributed by atoms with Crippen molar-refractivity contribution in [3.8, 4) is 67.3 Å². The van der Waals surface area contributed by atoms with E-state index in [1.54, 1.807) is 0 Å². The predicted molar refractivity (Wildman–Crippen MR) is 240 cm³/mol. The first kappa shape index (κ1) is 33.4. The van der Waals surface area contributed by atoms with Gasteiger partial charge in [-0.3, -0.25) is 0 Å². The van der Waals surface area contributed by atoms with Crippen molar-refractivity contribution in [2.24, 2.45) is 0 Å². The van der Waals surface area contributed by atoms with Crippen molar-refractivity contribution in [3.05, 3.63) is 217 Å². The molecule has 1 aliphatic carbocycles. The fraction of sp³-hybridized carbons (Fsp3) is 0.0370. The molecule has 11 rings (SSSR count). The largest absolute Gasteiger partial charge is 0.228 e. The van der Waals surface area contributed by atoms with Crippen LogP contribution in [0.5, 0.6) is 0 Å². The van der Waals surface area contributed by atoms with Crippen LogP contribution >= 0.6 is 11.3 Å². The van der Waals surface area contributed by atoms with Gasteiger partial charge in [0.1, 0.15) is 0 Å². The molecular weight excluding hydrogens is 709 g/mol. The summed E-state index contributed by atoms with van der Waals surface area (Å²) in [6.45, 7) is 2.39. The van der Waals surface area contributed by atoms with Crippen molar-refractivity contribution >= 4 is 31.5 Å². The van der Waals surface area contributed by atoms with E-state index in [0.29, 0.717) is 5.82 Å². The minimum Gasteiger partial charge on any atom is -0.228 e. The van der Waals surface area contributed by atoms with Crippen LogP contribution in [0.25, 0.3) is 87.5 Å². The summed E-state index contributed by atoms with van der Waals surface area (Å²) in [6.07, 6.45) is 0. The van der Waals surface area contributed by atoms with Crippen LogP contribution in [0.3, 0.4) is 0 Å². The molecule has 0 saturated heterocycles. The molecule has 1 unspecified atom stereocenters. The zero-order valence-corrected chi connectivity index (χ0v) is 32.2. The van der Waals surface area contributed by atoms with Gasteiger partial charge >= 0.3 is 0 Å². The number of nitrogens with zero attached hydrogens (tertiary/aromatic N) is 2. The summed E-state index contributed by atoms with van der Waals surface area (Å²) in [5.74, 6) is 0.715. The molecule has 2 heterocycles. The SMILES string of the molecule is CC1(c2ccccc2)c2cc(-c3cccc(-c4cc(-c5ccc6sc7ccccc7c6c5)nc(-c5ccccc5)n4)c3)ccc2-c2c(-c3ccccc3)cccc21. The Kier molecular flexibility index (Phi) is 7.84. The minimum absolute atomic E-state index is 0.328. The van der Waals surface area contributed by atoms with Gasteiger partial charge in [-0.05, 0) is 93.4 Å². The number of benzene rings is 8. The molecule has 0 spiro atoms. The van der Waals surface area contributed by atoms with Crippen molar-refractivity contribution in [3.63, 3.8) is 0 Å². The molecule has 8 aromatic carbocycles. The molecule has 0 N–H and O–H groups in total. The topological polar surface area (TPSA) is 25.8 Å². The molecule has 0 bridgehead atoms. The van der Waals surface area contributed by atoms with Gasteiger partial charge < -0.3 is 0 Å². The highest BCUT2D eigenvalue weighted by molar-refractivity contribution is 7.25. The van der Waals surface area contributed by atoms with Crippen LogP contribution in [0.1, 0.15) is 23.6 Å². The number of fused-ring (bicyclic) bond motifs is 6. The Morgan fingerprint density at radius 1 is 0.386 bits per heavy atom. The van der Waals surface area contributed by atoms with Crippen LogP contribution in [-0.4, -0.2) is 9.97 Å². The molecule has 0 radical (unpaired) electrons. The smallest absolute Gasteiger partial charge is 0.160 e. The van der Waals surface area contributed by atoms with Crippen molar-refractivity contribution in [2.75, 3.05) is 0 Å². The highest BCUT2D eigenvalue weighted by atomic mass is 32.1. The third-order valence-corrected chi connectivity index (χ3v) is 12.9. The van der Waals surface area contributed by atoms with E-state index in [1.807, 2.05) is 29.5 Å². The maximum Gasteiger partial charge on any atom is 0.160 e. The summed E-state index contributed by atoms with van der Waals surface area (Å²) in [7, 11) is 0. The Balaban J connectivity index is 1.05. The Bertz CT molecular complexity index is 3130. The first-order chi connectivity index (χ1) is 28.1. The molecule has 1 atom stereocenters. The second-order valence-corrected chi connectivity index (χ2v) is 16.1. The molecule has 2 nitrogen and oxygen atoms in total. The summed E-state index contributed by atoms with van der Waals surface area (Å²) in [6, 6.07) is 72.3. The summed E-state index contributed by atoms with van der Waals surface area (Å²) < 4.78 is 2.58. The summed E-state index contributed by atoms with van der Waals surface area (Å²) in [5.41, 5.74) is 16.0. The van der Waals surface area contributed by atoms with Crippen LogP contribution < -0.4 is 0 Å². The fourth-order valence-corrected chi connectivity index (χ4v) is 9.99. The molecule has 0 saturated carbocycles. The third-order valence-electron chi connectivity index (χ3n) is 11.8. The third kappa shape index (κ3) is 5.54. The molecule has 1 aliphatic rings. The Morgan fingerprint density at radius 3 is 1.77 bits per heavy atom. The fourth-order valence-electron chi connectivity index (χ4n) is 8.90. The molecule has 0 aliphatic heterocycles. The van der Waals surface area contributed by atoms with Gasteiger partial charge in [0.2, 0.25) is 0 Å². The van der Waals surface area contributed by atoms with Gasteiger partial charge in [0, 0.05) is 42.3 Å². The highest BCUT2D eigenvalue weighted by Gasteiger charge is 2.42. The summed E-state index contributed by atoms with van der Waals surface area (Å²) >= 11 is 1.83. The van der Waals surface area contributed by atoms with Crippen molar-refractivity contribution in [1.82, 2.24) is 9.97 Å². The first-order valence-corrected chi connectivity index (χ1v) is 20.3. The second-order valence-electron chi connectivity index (χ2n) is 15.1. The Hall–Kier alpha value is -6.94. The maximum absolute atomic E-state index is 5.21. The molecule has 3 heteroatoms. The van der Waals surface area contributed by atoms with E-state index in [-0.39, 0.29) is 5.41 Å². The number of aromatic nitrogens is 2. The molecule has 0 fully saturated rings. The van der Waals surface area contributed by atoms with Gasteiger partial charge in [0.05, 0.1) is 11.4 Å². The molecule has 10 aromatic rings. The van der Waals surface area contributed by atoms with Gasteiger partial charge in [0.15, 0.2) is 5.82 Å². The van der Waals surface area contributed by atoms with E-state index in [4.69, 9.17) is 9.97 Å². The first-order valence-electron chi connectivity index (χ1n) is 19.5. The van der Waals surface area contributed by atoms with Crippen molar-refractivity contribution < 1.29 is 0 Å². The number of hydrogen-bond acceptors (Lipinski definition) is 3. The minimum atomic E-state index is -0.328. The number of hydrogen-bond donors (Lipinski definition) is 0. The van der Waals surface area contributed by atoms with E-state index < -0.39 is 0 Å². The lowest BCUT2D eigenvalue weighted by Gasteiger charge is -2.29. The Labute approximate surface area is 336 Å². The molecule has 57 heavy (non-hydrogen) atoms. The maximum atomic E-state index is 5.21. The number of rotatable bonds is 6. The predicted octanol–water partition coefficient (Wildman–Crippen LogP) is 14.5. The summed E-state index contributed by atoms with van der Waals surface area (Å²) in [5, 5.41) is 2.54. The quantitative estimate of drug-likeness (QED) is 0.169. The molecular formula is C54H36N2S. The van der Waals surface area contributed by atoms with E-state index >= 15 is 0 Å². The lowest BCUT2D eigenvalue weighted by Crippen LogP contribution is -2.22. The van der Waals surface area contributed by atoms with Crippen LogP contribution in [-0.2, 0) is 5.41 Å². The van der Waals surface area contributed by atoms with Gasteiger partial charge in [-0.15, -0.1) is 11.3 Å². The van der Waals surface area contributed by atoms with Gasteiger partial charge in [0.25, 0.3) is 0 Å². The van der Waals surface area contributed by atoms with Crippen LogP contribution in [0.2, 0.25) is 0 Å². The normalized spacial score (nSPS) is 14.5. The summed E-state index contributed by atoms with van der Waals surface area (Å²) in [4.78, 5) is 10.4. The second kappa shape index (κ2) is 13.4. The molecule has 2 aromatic heterocycles. The lowest BCUT2D eigenvalue weighted by molar-refractivity contribution is 0.714. The molecule has 268 valence electrons. The van der Waals surface area contributed by atoms with Crippen molar-refractivity contribution in [2.45, 2.75) is 12.3 Å². The average Bonchev–Trinajstić information content (AvgIpc) is 3.79. The van der Waals surface area contributed by atoms with Crippen LogP contribution in [0.4, 0.5) is 0 Å². The lowest BCUT2D eigenvalue weighted by atomic mass is 9.73.